The molecule has 20 heavy (non-hydrogen) atoms. The number of benzene rings is 2. The van der Waals surface area contributed by atoms with Crippen LogP contribution in [0.5, 0.6) is 5.75 Å². The molecule has 2 aromatic carbocycles. The van der Waals surface area contributed by atoms with Crippen LogP contribution in [0.1, 0.15) is 11.5 Å². The van der Waals surface area contributed by atoms with E-state index in [1.807, 2.05) is 30.3 Å². The van der Waals surface area contributed by atoms with Crippen LogP contribution in [-0.4, -0.2) is 4.98 Å². The predicted molar refractivity (Wildman–Crippen MR) is 77.7 cm³/mol. The molecule has 5 heteroatoms. The molecular weight excluding hydrogens is 276 g/mol. The number of hydrogen-bond donors (Lipinski definition) is 1. The Bertz CT molecular complexity index is 740. The molecule has 0 spiro atoms. The van der Waals surface area contributed by atoms with Crippen molar-refractivity contribution in [3.63, 3.8) is 0 Å². The van der Waals surface area contributed by atoms with E-state index in [4.69, 9.17) is 26.5 Å². The van der Waals surface area contributed by atoms with Crippen LogP contribution < -0.4 is 10.5 Å². The van der Waals surface area contributed by atoms with Gasteiger partial charge in [0.15, 0.2) is 12.2 Å². The predicted octanol–water partition coefficient (Wildman–Crippen LogP) is 3.52. The van der Waals surface area contributed by atoms with Gasteiger partial charge in [0, 0.05) is 6.54 Å². The van der Waals surface area contributed by atoms with E-state index in [0.29, 0.717) is 23.2 Å². The van der Waals surface area contributed by atoms with E-state index in [2.05, 4.69) is 4.98 Å². The molecule has 0 bridgehead atoms. The molecule has 0 aliphatic heterocycles. The minimum atomic E-state index is 0.233. The molecule has 2 N–H and O–H groups in total. The second-order valence-corrected chi connectivity index (χ2v) is 4.74. The second-order valence-electron chi connectivity index (χ2n) is 4.33. The van der Waals surface area contributed by atoms with Gasteiger partial charge in [-0.1, -0.05) is 29.8 Å². The van der Waals surface area contributed by atoms with E-state index in [1.54, 1.807) is 12.1 Å². The summed E-state index contributed by atoms with van der Waals surface area (Å²) < 4.78 is 11.2. The van der Waals surface area contributed by atoms with Gasteiger partial charge in [0.1, 0.15) is 11.3 Å². The van der Waals surface area contributed by atoms with Crippen molar-refractivity contribution in [3.05, 3.63) is 58.9 Å². The highest BCUT2D eigenvalue weighted by Crippen LogP contribution is 2.24. The van der Waals surface area contributed by atoms with E-state index in [9.17, 15) is 0 Å². The first-order valence-electron chi connectivity index (χ1n) is 6.22. The molecular formula is C15H13ClN2O2. The zero-order valence-electron chi connectivity index (χ0n) is 10.7. The standard InChI is InChI=1S/C15H13ClN2O2/c16-11-3-1-2-4-13(11)19-9-15-18-12-7-10(8-17)5-6-14(12)20-15/h1-7H,8-9,17H2. The highest BCUT2D eigenvalue weighted by Gasteiger charge is 2.08. The molecule has 0 saturated carbocycles. The van der Waals surface area contributed by atoms with E-state index in [0.717, 1.165) is 16.7 Å². The number of nitrogens with two attached hydrogens (primary N) is 1. The molecule has 4 nitrogen and oxygen atoms in total. The van der Waals surface area contributed by atoms with Crippen LogP contribution >= 0.6 is 11.6 Å². The molecule has 1 aromatic heterocycles. The molecule has 0 aliphatic rings. The van der Waals surface area contributed by atoms with Crippen molar-refractivity contribution < 1.29 is 9.15 Å². The van der Waals surface area contributed by atoms with E-state index >= 15 is 0 Å². The number of rotatable bonds is 4. The SMILES string of the molecule is NCc1ccc2oc(COc3ccccc3Cl)nc2c1. The third kappa shape index (κ3) is 2.61. The quantitative estimate of drug-likeness (QED) is 0.798. The van der Waals surface area contributed by atoms with Gasteiger partial charge in [-0.3, -0.25) is 0 Å². The number of fused-ring (bicyclic) bond motifs is 1. The number of aromatic nitrogens is 1. The van der Waals surface area contributed by atoms with Gasteiger partial charge < -0.3 is 14.9 Å². The topological polar surface area (TPSA) is 61.3 Å². The van der Waals surface area contributed by atoms with Crippen LogP contribution in [-0.2, 0) is 13.2 Å². The summed E-state index contributed by atoms with van der Waals surface area (Å²) >= 11 is 6.02. The monoisotopic (exact) mass is 288 g/mol. The molecule has 0 amide bonds. The molecule has 0 saturated heterocycles. The third-order valence-corrected chi connectivity index (χ3v) is 3.23. The highest BCUT2D eigenvalue weighted by atomic mass is 35.5. The Morgan fingerprint density at radius 3 is 2.85 bits per heavy atom. The Morgan fingerprint density at radius 1 is 1.20 bits per heavy atom. The van der Waals surface area contributed by atoms with Gasteiger partial charge in [0.2, 0.25) is 5.89 Å². The zero-order valence-corrected chi connectivity index (χ0v) is 11.4. The summed E-state index contributed by atoms with van der Waals surface area (Å²) in [4.78, 5) is 4.38. The molecule has 0 radical (unpaired) electrons. The fourth-order valence-electron chi connectivity index (χ4n) is 1.91. The lowest BCUT2D eigenvalue weighted by atomic mass is 10.2. The number of halogens is 1. The minimum Gasteiger partial charge on any atom is -0.482 e. The molecule has 3 aromatic rings. The van der Waals surface area contributed by atoms with Crippen molar-refractivity contribution in [1.82, 2.24) is 4.98 Å². The summed E-state index contributed by atoms with van der Waals surface area (Å²) in [6, 6.07) is 13.0. The van der Waals surface area contributed by atoms with Crippen molar-refractivity contribution >= 4 is 22.7 Å². The molecule has 3 rings (SSSR count). The summed E-state index contributed by atoms with van der Waals surface area (Å²) in [7, 11) is 0. The maximum absolute atomic E-state index is 6.02. The Hall–Kier alpha value is -2.04. The Kier molecular flexibility index (Phi) is 3.58. The smallest absolute Gasteiger partial charge is 0.233 e. The fraction of sp³-hybridized carbons (Fsp3) is 0.133. The molecule has 0 fully saturated rings. The summed E-state index contributed by atoms with van der Waals surface area (Å²) in [5.74, 6) is 1.12. The Morgan fingerprint density at radius 2 is 2.05 bits per heavy atom. The number of para-hydroxylation sites is 1. The first-order chi connectivity index (χ1) is 9.76. The molecule has 0 atom stereocenters. The van der Waals surface area contributed by atoms with Crippen molar-refractivity contribution in [2.24, 2.45) is 5.73 Å². The highest BCUT2D eigenvalue weighted by molar-refractivity contribution is 6.32. The molecule has 102 valence electrons. The van der Waals surface area contributed by atoms with Gasteiger partial charge in [-0.15, -0.1) is 0 Å². The van der Waals surface area contributed by atoms with E-state index < -0.39 is 0 Å². The average Bonchev–Trinajstić information content (AvgIpc) is 2.88. The van der Waals surface area contributed by atoms with Gasteiger partial charge >= 0.3 is 0 Å². The fourth-order valence-corrected chi connectivity index (χ4v) is 2.10. The first-order valence-corrected chi connectivity index (χ1v) is 6.60. The van der Waals surface area contributed by atoms with Crippen molar-refractivity contribution in [1.29, 1.82) is 0 Å². The lowest BCUT2D eigenvalue weighted by Crippen LogP contribution is -1.96. The first kappa shape index (κ1) is 13.0. The van der Waals surface area contributed by atoms with Crippen LogP contribution in [0.4, 0.5) is 0 Å². The van der Waals surface area contributed by atoms with Crippen LogP contribution in [0, 0.1) is 0 Å². The Balaban J connectivity index is 1.79. The summed E-state index contributed by atoms with van der Waals surface area (Å²) in [6.45, 7) is 0.713. The number of hydrogen-bond acceptors (Lipinski definition) is 4. The van der Waals surface area contributed by atoms with Gasteiger partial charge in [-0.05, 0) is 29.8 Å². The largest absolute Gasteiger partial charge is 0.482 e. The minimum absolute atomic E-state index is 0.233. The molecule has 1 heterocycles. The maximum atomic E-state index is 6.02. The average molecular weight is 289 g/mol. The van der Waals surface area contributed by atoms with Gasteiger partial charge in [0.25, 0.3) is 0 Å². The molecule has 0 aliphatic carbocycles. The maximum Gasteiger partial charge on any atom is 0.233 e. The summed E-state index contributed by atoms with van der Waals surface area (Å²) in [6.07, 6.45) is 0. The van der Waals surface area contributed by atoms with Gasteiger partial charge in [-0.25, -0.2) is 4.98 Å². The third-order valence-electron chi connectivity index (χ3n) is 2.92. The Labute approximate surface area is 121 Å². The normalized spacial score (nSPS) is 10.9. The van der Waals surface area contributed by atoms with Gasteiger partial charge in [-0.2, -0.15) is 0 Å². The van der Waals surface area contributed by atoms with E-state index in [-0.39, 0.29) is 6.61 Å². The van der Waals surface area contributed by atoms with Crippen LogP contribution in [0.15, 0.2) is 46.9 Å². The van der Waals surface area contributed by atoms with Crippen molar-refractivity contribution in [2.75, 3.05) is 0 Å². The number of oxazole rings is 1. The van der Waals surface area contributed by atoms with Gasteiger partial charge in [0.05, 0.1) is 5.02 Å². The van der Waals surface area contributed by atoms with Crippen LogP contribution in [0.3, 0.4) is 0 Å². The number of nitrogens with zero attached hydrogens (tertiary/aromatic N) is 1. The second kappa shape index (κ2) is 5.53. The van der Waals surface area contributed by atoms with Crippen LogP contribution in [0.2, 0.25) is 5.02 Å². The lowest BCUT2D eigenvalue weighted by Gasteiger charge is -2.04. The summed E-state index contributed by atoms with van der Waals surface area (Å²) in [5.41, 5.74) is 8.12. The summed E-state index contributed by atoms with van der Waals surface area (Å²) in [5, 5.41) is 0.564. The lowest BCUT2D eigenvalue weighted by molar-refractivity contribution is 0.267. The van der Waals surface area contributed by atoms with Crippen LogP contribution in [0.25, 0.3) is 11.1 Å². The van der Waals surface area contributed by atoms with Crippen molar-refractivity contribution in [3.8, 4) is 5.75 Å². The van der Waals surface area contributed by atoms with Crippen molar-refractivity contribution in [2.45, 2.75) is 13.2 Å². The van der Waals surface area contributed by atoms with E-state index in [1.165, 1.54) is 0 Å². The molecule has 0 unspecified atom stereocenters. The number of ether oxygens (including phenoxy) is 1. The zero-order chi connectivity index (χ0) is 13.9.